The van der Waals surface area contributed by atoms with Gasteiger partial charge in [-0.05, 0) is 29.3 Å². The fourth-order valence-corrected chi connectivity index (χ4v) is 5.84. The molecule has 3 aromatic rings. The van der Waals surface area contributed by atoms with E-state index in [2.05, 4.69) is 11.9 Å². The molecule has 2 fully saturated rings. The molecule has 0 spiro atoms. The molecule has 2 aliphatic rings. The summed E-state index contributed by atoms with van der Waals surface area (Å²) in [6, 6.07) is 20.3. The minimum Gasteiger partial charge on any atom is -0.508 e. The number of hydrogen-bond donors (Lipinski definition) is 2. The predicted molar refractivity (Wildman–Crippen MR) is 163 cm³/mol. The molecule has 5 rings (SSSR count). The summed E-state index contributed by atoms with van der Waals surface area (Å²) in [5.41, 5.74) is 2.42. The first-order valence-corrected chi connectivity index (χ1v) is 14.4. The molecule has 11 nitrogen and oxygen atoms in total. The van der Waals surface area contributed by atoms with E-state index in [-0.39, 0.29) is 50.2 Å². The third-order valence-electron chi connectivity index (χ3n) is 7.88. The number of carbonyl (C=O) groups is 3. The van der Waals surface area contributed by atoms with Crippen molar-refractivity contribution in [3.8, 4) is 17.2 Å². The number of nitrogens with zero attached hydrogens (tertiary/aromatic N) is 4. The van der Waals surface area contributed by atoms with Gasteiger partial charge in [-0.3, -0.25) is 9.59 Å². The number of phenolic OH excluding ortho intramolecular Hbond substituents is 1. The number of fused-ring (bicyclic) bond motifs is 1. The van der Waals surface area contributed by atoms with Crippen molar-refractivity contribution in [1.29, 1.82) is 0 Å². The third kappa shape index (κ3) is 6.32. The maximum Gasteiger partial charge on any atom is 0.334 e. The predicted octanol–water partition coefficient (Wildman–Crippen LogP) is 3.15. The Bertz CT molecular complexity index is 1500. The average Bonchev–Trinajstić information content (AvgIpc) is 3.03. The monoisotopic (exact) mass is 599 g/mol. The summed E-state index contributed by atoms with van der Waals surface area (Å²) in [5.74, 6) is 0.618. The fourth-order valence-electron chi connectivity index (χ4n) is 5.84. The van der Waals surface area contributed by atoms with E-state index in [0.29, 0.717) is 18.0 Å². The molecule has 4 amide bonds. The topological polar surface area (TPSA) is 115 Å². The van der Waals surface area contributed by atoms with Crippen LogP contribution in [0.2, 0.25) is 0 Å². The number of piperazine rings is 1. The van der Waals surface area contributed by atoms with Gasteiger partial charge in [0.15, 0.2) is 11.5 Å². The number of para-hydroxylation sites is 1. The van der Waals surface area contributed by atoms with Gasteiger partial charge < -0.3 is 29.7 Å². The first-order valence-electron chi connectivity index (χ1n) is 14.4. The Hall–Kier alpha value is -5.03. The Morgan fingerprint density at radius 2 is 1.75 bits per heavy atom. The number of hydrogen-bond acceptors (Lipinski definition) is 7. The number of aromatic hydroxyl groups is 1. The van der Waals surface area contributed by atoms with Crippen LogP contribution in [-0.2, 0) is 29.1 Å². The van der Waals surface area contributed by atoms with E-state index in [9.17, 15) is 19.5 Å². The van der Waals surface area contributed by atoms with Crippen LogP contribution in [0.15, 0.2) is 85.5 Å². The molecule has 0 bridgehead atoms. The largest absolute Gasteiger partial charge is 0.508 e. The van der Waals surface area contributed by atoms with E-state index in [4.69, 9.17) is 9.47 Å². The summed E-state index contributed by atoms with van der Waals surface area (Å²) in [7, 11) is 3.09. The van der Waals surface area contributed by atoms with Crippen LogP contribution in [0.1, 0.15) is 16.7 Å². The van der Waals surface area contributed by atoms with Crippen molar-refractivity contribution in [2.75, 3.05) is 33.9 Å². The smallest absolute Gasteiger partial charge is 0.334 e. The van der Waals surface area contributed by atoms with E-state index in [1.165, 1.54) is 9.91 Å². The van der Waals surface area contributed by atoms with Crippen LogP contribution in [-0.4, -0.2) is 88.8 Å². The number of urea groups is 1. The Morgan fingerprint density at radius 3 is 2.43 bits per heavy atom. The van der Waals surface area contributed by atoms with Gasteiger partial charge in [-0.1, -0.05) is 60.7 Å². The summed E-state index contributed by atoms with van der Waals surface area (Å²) in [4.78, 5) is 45.0. The molecule has 2 atom stereocenters. The molecule has 0 saturated carbocycles. The van der Waals surface area contributed by atoms with E-state index in [1.54, 1.807) is 60.5 Å². The lowest BCUT2D eigenvalue weighted by molar-refractivity contribution is -0.189. The summed E-state index contributed by atoms with van der Waals surface area (Å²) < 4.78 is 11.1. The highest BCUT2D eigenvalue weighted by molar-refractivity contribution is 5.91. The van der Waals surface area contributed by atoms with E-state index < -0.39 is 18.2 Å². The maximum absolute atomic E-state index is 14.2. The number of hydrazine groups is 1. The fraction of sp³-hybridized carbons (Fsp3) is 0.303. The van der Waals surface area contributed by atoms with Gasteiger partial charge in [0.2, 0.25) is 11.8 Å². The molecule has 0 radical (unpaired) electrons. The molecule has 2 saturated heterocycles. The van der Waals surface area contributed by atoms with Crippen LogP contribution in [0.3, 0.4) is 0 Å². The summed E-state index contributed by atoms with van der Waals surface area (Å²) >= 11 is 0. The van der Waals surface area contributed by atoms with Gasteiger partial charge >= 0.3 is 6.03 Å². The van der Waals surface area contributed by atoms with E-state index in [0.717, 1.165) is 16.7 Å². The van der Waals surface area contributed by atoms with Gasteiger partial charge in [0, 0.05) is 31.6 Å². The van der Waals surface area contributed by atoms with Gasteiger partial charge in [-0.15, -0.1) is 6.58 Å². The van der Waals surface area contributed by atoms with Crippen molar-refractivity contribution in [3.05, 3.63) is 102 Å². The highest BCUT2D eigenvalue weighted by Crippen LogP contribution is 2.34. The first-order chi connectivity index (χ1) is 21.3. The first kappa shape index (κ1) is 30.4. The van der Waals surface area contributed by atoms with Crippen molar-refractivity contribution in [2.45, 2.75) is 31.7 Å². The van der Waals surface area contributed by atoms with Crippen molar-refractivity contribution in [1.82, 2.24) is 25.1 Å². The van der Waals surface area contributed by atoms with E-state index in [1.807, 2.05) is 42.5 Å². The number of methoxy groups -OCH3 is 2. The van der Waals surface area contributed by atoms with Crippen LogP contribution in [0.5, 0.6) is 17.2 Å². The minimum atomic E-state index is -0.891. The van der Waals surface area contributed by atoms with Crippen LogP contribution >= 0.6 is 0 Å². The second-order valence-corrected chi connectivity index (χ2v) is 10.7. The van der Waals surface area contributed by atoms with Gasteiger partial charge in [0.05, 0.1) is 27.3 Å². The quantitative estimate of drug-likeness (QED) is 0.344. The molecule has 2 heterocycles. The number of rotatable bonds is 10. The SMILES string of the molecule is C=CCN1CC(=O)N2[C@@H](Cc3ccc(O)cc3)C(=O)N(Cc3cccc(OC)c3OC)C[C@@H]2N1C(=O)NCc1ccccc1. The molecular weight excluding hydrogens is 562 g/mol. The molecule has 11 heteroatoms. The third-order valence-corrected chi connectivity index (χ3v) is 7.88. The molecule has 3 aromatic carbocycles. The summed E-state index contributed by atoms with van der Waals surface area (Å²) in [5, 5.41) is 16.0. The summed E-state index contributed by atoms with van der Waals surface area (Å²) in [6.45, 7) is 4.53. The molecule has 2 aliphatic heterocycles. The number of nitrogens with one attached hydrogen (secondary N) is 1. The molecule has 0 aliphatic carbocycles. The molecule has 230 valence electrons. The number of carbonyl (C=O) groups excluding carboxylic acids is 3. The summed E-state index contributed by atoms with van der Waals surface area (Å²) in [6.07, 6.45) is 1.05. The van der Waals surface area contributed by atoms with Gasteiger partial charge in [0.25, 0.3) is 0 Å². The number of ether oxygens (including phenoxy) is 2. The molecular formula is C33H37N5O6. The van der Waals surface area contributed by atoms with E-state index >= 15 is 0 Å². The standard InChI is InChI=1S/C33H37N5O6/c1-4-17-36-22-30(40)37-27(18-23-13-15-26(39)16-14-23)32(41)35(20-25-11-8-12-28(43-2)31(25)44-3)21-29(37)38(36)33(42)34-19-24-9-6-5-7-10-24/h4-16,27,29,39H,1,17-22H2,2-3H3,(H,34,42)/t27-,29-/m0/s1. The Balaban J connectivity index is 1.52. The normalized spacial score (nSPS) is 18.5. The molecule has 44 heavy (non-hydrogen) atoms. The second kappa shape index (κ2) is 13.5. The zero-order valence-corrected chi connectivity index (χ0v) is 24.9. The van der Waals surface area contributed by atoms with Crippen LogP contribution in [0, 0.1) is 0 Å². The number of phenols is 1. The zero-order valence-electron chi connectivity index (χ0n) is 24.9. The second-order valence-electron chi connectivity index (χ2n) is 10.7. The van der Waals surface area contributed by atoms with Crippen LogP contribution in [0.25, 0.3) is 0 Å². The Morgan fingerprint density at radius 1 is 1.00 bits per heavy atom. The Labute approximate surface area is 256 Å². The molecule has 0 aromatic heterocycles. The lowest BCUT2D eigenvalue weighted by atomic mass is 9.98. The van der Waals surface area contributed by atoms with Crippen molar-refractivity contribution >= 4 is 17.8 Å². The molecule has 2 N–H and O–H groups in total. The van der Waals surface area contributed by atoms with Crippen LogP contribution in [0.4, 0.5) is 4.79 Å². The Kier molecular flexibility index (Phi) is 9.35. The lowest BCUT2D eigenvalue weighted by Gasteiger charge is -2.55. The van der Waals surface area contributed by atoms with Gasteiger partial charge in [-0.2, -0.15) is 0 Å². The van der Waals surface area contributed by atoms with Gasteiger partial charge in [0.1, 0.15) is 18.0 Å². The minimum absolute atomic E-state index is 0.0728. The van der Waals surface area contributed by atoms with Gasteiger partial charge in [-0.25, -0.2) is 14.8 Å². The van der Waals surface area contributed by atoms with Crippen molar-refractivity contribution in [2.24, 2.45) is 0 Å². The molecule has 0 unspecified atom stereocenters. The number of amides is 4. The van der Waals surface area contributed by atoms with Crippen LogP contribution < -0.4 is 14.8 Å². The lowest BCUT2D eigenvalue weighted by Crippen LogP contribution is -2.76. The highest BCUT2D eigenvalue weighted by atomic mass is 16.5. The zero-order chi connectivity index (χ0) is 31.2. The van der Waals surface area contributed by atoms with Crippen molar-refractivity contribution in [3.63, 3.8) is 0 Å². The average molecular weight is 600 g/mol. The number of benzene rings is 3. The maximum atomic E-state index is 14.2. The highest BCUT2D eigenvalue weighted by Gasteiger charge is 2.51. The van der Waals surface area contributed by atoms with Crippen molar-refractivity contribution < 1.29 is 29.0 Å².